The number of fused-ring (bicyclic) bond motifs is 4. The van der Waals surface area contributed by atoms with Crippen molar-refractivity contribution in [2.24, 2.45) is 5.73 Å². The van der Waals surface area contributed by atoms with E-state index in [0.717, 1.165) is 60.9 Å². The second-order valence-corrected chi connectivity index (χ2v) is 25.1. The maximum absolute atomic E-state index is 9.21. The van der Waals surface area contributed by atoms with E-state index in [1.807, 2.05) is 40.1 Å². The number of hydrogen-bond donors (Lipinski definition) is 4. The Morgan fingerprint density at radius 2 is 1.10 bits per heavy atom. The summed E-state index contributed by atoms with van der Waals surface area (Å²) in [6.07, 6.45) is 14.4. The van der Waals surface area contributed by atoms with Crippen LogP contribution in [-0.4, -0.2) is 29.7 Å². The number of allylic oxidation sites excluding steroid dienone is 3. The highest BCUT2D eigenvalue weighted by Crippen LogP contribution is 2.47. The minimum absolute atomic E-state index is 0.190. The summed E-state index contributed by atoms with van der Waals surface area (Å²) in [6.45, 7) is 4.51. The molecule has 10 rings (SSSR count). The van der Waals surface area contributed by atoms with Crippen LogP contribution >= 0.6 is 79.7 Å². The van der Waals surface area contributed by atoms with Gasteiger partial charge in [-0.3, -0.25) is 10.8 Å². The topological polar surface area (TPSA) is 126 Å². The Balaban J connectivity index is 0.885. The van der Waals surface area contributed by atoms with Gasteiger partial charge in [-0.15, -0.1) is 68.0 Å². The van der Waals surface area contributed by atoms with Gasteiger partial charge in [0.1, 0.15) is 11.0 Å². The molecule has 0 bridgehead atoms. The number of nitrogens with two attached hydrogens (primary N) is 2. The summed E-state index contributed by atoms with van der Waals surface area (Å²) in [6, 6.07) is 24.4. The average molecular weight is 959 g/mol. The zero-order chi connectivity index (χ0) is 42.5. The summed E-state index contributed by atoms with van der Waals surface area (Å²) < 4.78 is 9.67. The van der Waals surface area contributed by atoms with E-state index >= 15 is 0 Å². The molecule has 2 aliphatic rings. The van der Waals surface area contributed by atoms with Crippen molar-refractivity contribution in [3.8, 4) is 50.1 Å². The average Bonchev–Trinajstić information content (AvgIpc) is 4.10. The number of anilines is 1. The molecule has 8 aromatic rings. The molecule has 6 nitrogen and oxygen atoms in total. The zero-order valence-corrected chi connectivity index (χ0v) is 41.7. The largest absolute Gasteiger partial charge is 0.398 e. The van der Waals surface area contributed by atoms with E-state index < -0.39 is 9.52 Å². The van der Waals surface area contributed by atoms with Gasteiger partial charge in [-0.25, -0.2) is 0 Å². The molecule has 314 valence electrons. The van der Waals surface area contributed by atoms with E-state index in [9.17, 15) is 10.8 Å². The summed E-state index contributed by atoms with van der Waals surface area (Å²) in [5.74, 6) is 0. The fraction of sp³-hybridized carbons (Fsp3) is 0.250. The predicted octanol–water partition coefficient (Wildman–Crippen LogP) is 13.5. The van der Waals surface area contributed by atoms with Gasteiger partial charge in [-0.05, 0) is 109 Å². The van der Waals surface area contributed by atoms with Crippen LogP contribution in [0.3, 0.4) is 0 Å². The van der Waals surface area contributed by atoms with E-state index in [0.29, 0.717) is 11.3 Å². The Morgan fingerprint density at radius 3 is 1.76 bits per heavy atom. The number of thiophene rings is 6. The molecule has 0 saturated heterocycles. The first-order chi connectivity index (χ1) is 30.3. The fourth-order valence-corrected chi connectivity index (χ4v) is 19.1. The summed E-state index contributed by atoms with van der Waals surface area (Å²) in [4.78, 5) is 14.7. The van der Waals surface area contributed by atoms with Crippen molar-refractivity contribution in [1.82, 2.24) is 8.75 Å². The van der Waals surface area contributed by atoms with Gasteiger partial charge in [-0.1, -0.05) is 52.4 Å². The molecule has 0 unspecified atom stereocenters. The van der Waals surface area contributed by atoms with E-state index in [1.54, 1.807) is 34.0 Å². The number of unbranched alkanes of at least 4 members (excludes halogenated alkanes) is 6. The van der Waals surface area contributed by atoms with Gasteiger partial charge in [-0.2, -0.15) is 8.75 Å². The lowest BCUT2D eigenvalue weighted by Crippen LogP contribution is -2.23. The third kappa shape index (κ3) is 7.91. The third-order valence-electron chi connectivity index (χ3n) is 11.7. The Labute approximate surface area is 392 Å². The molecule has 14 heteroatoms. The zero-order valence-electron chi connectivity index (χ0n) is 34.6. The summed E-state index contributed by atoms with van der Waals surface area (Å²) >= 11 is 12.0. The smallest absolute Gasteiger partial charge is 0.116 e. The predicted molar refractivity (Wildman–Crippen MR) is 281 cm³/mol. The third-order valence-corrected chi connectivity index (χ3v) is 22.1. The van der Waals surface area contributed by atoms with Crippen LogP contribution < -0.4 is 21.8 Å². The van der Waals surface area contributed by atoms with Gasteiger partial charge in [0.05, 0.1) is 32.7 Å². The molecule has 0 amide bonds. The maximum atomic E-state index is 9.21. The number of benzene rings is 1. The molecule has 0 fully saturated rings. The molecule has 1 aromatic carbocycles. The normalized spacial score (nSPS) is 14.2. The van der Waals surface area contributed by atoms with Crippen molar-refractivity contribution in [1.29, 1.82) is 10.8 Å². The van der Waals surface area contributed by atoms with Crippen molar-refractivity contribution < 1.29 is 0 Å². The number of rotatable bonds is 16. The molecule has 62 heavy (non-hydrogen) atoms. The summed E-state index contributed by atoms with van der Waals surface area (Å²) in [7, 11) is -0.743. The molecule has 0 atom stereocenters. The summed E-state index contributed by atoms with van der Waals surface area (Å²) in [5.41, 5.74) is 20.6. The van der Waals surface area contributed by atoms with Crippen LogP contribution in [0.5, 0.6) is 0 Å². The lowest BCUT2D eigenvalue weighted by molar-refractivity contribution is 0.670. The molecule has 7 aromatic heterocycles. The number of aryl methyl sites for hydroxylation is 2. The Kier molecular flexibility index (Phi) is 12.0. The molecule has 1 aliphatic carbocycles. The standard InChI is InChI=1S/C48H46N6S7Si/c1-3-5-7-9-11-25-13-15-31(55-25)33-17-19-35(57-33)41-29(49)21-27(43(51)44(41)52)37-23-39-47(59-37)48-40(62-39)24-38(60-48)28-22-30(50)42(46-45(28)53-61-54-46)36-20-18-34(58-36)32-16-14-26(56-32)12-10-8-6-4-2/h13-24,51-52H,3-12,49-50,62H2,1-2H3. The first-order valence-electron chi connectivity index (χ1n) is 21.4. The first kappa shape index (κ1) is 41.9. The lowest BCUT2D eigenvalue weighted by atomic mass is 9.90. The second-order valence-electron chi connectivity index (χ2n) is 16.1. The monoisotopic (exact) mass is 958 g/mol. The van der Waals surface area contributed by atoms with Gasteiger partial charge in [0.25, 0.3) is 0 Å². The van der Waals surface area contributed by atoms with Gasteiger partial charge < -0.3 is 11.5 Å². The molecule has 6 N–H and O–H groups in total. The Morgan fingerprint density at radius 1 is 0.548 bits per heavy atom. The molecule has 1 aliphatic heterocycles. The molecule has 0 saturated carbocycles. The van der Waals surface area contributed by atoms with Gasteiger partial charge in [0.15, 0.2) is 0 Å². The van der Waals surface area contributed by atoms with Gasteiger partial charge in [0.2, 0.25) is 0 Å². The number of nitrogens with one attached hydrogen (secondary N) is 2. The van der Waals surface area contributed by atoms with Crippen LogP contribution in [0.25, 0.3) is 72.3 Å². The lowest BCUT2D eigenvalue weighted by Gasteiger charge is -2.19. The minimum atomic E-state index is -0.743. The van der Waals surface area contributed by atoms with Crippen LogP contribution in [0.4, 0.5) is 5.69 Å². The van der Waals surface area contributed by atoms with Crippen molar-refractivity contribution in [2.75, 3.05) is 5.73 Å². The highest BCUT2D eigenvalue weighted by atomic mass is 32.1. The number of hydrogen-bond acceptors (Lipinski definition) is 13. The Hall–Kier alpha value is -4.12. The highest BCUT2D eigenvalue weighted by molar-refractivity contribution is 7.28. The van der Waals surface area contributed by atoms with E-state index in [1.165, 1.54) is 117 Å². The van der Waals surface area contributed by atoms with E-state index in [-0.39, 0.29) is 11.4 Å². The number of nitrogens with zero attached hydrogens (tertiary/aromatic N) is 2. The van der Waals surface area contributed by atoms with Crippen molar-refractivity contribution in [3.63, 3.8) is 0 Å². The number of nitrogen functional groups attached to an aromatic ring is 1. The van der Waals surface area contributed by atoms with E-state index in [2.05, 4.69) is 80.6 Å². The van der Waals surface area contributed by atoms with Crippen LogP contribution in [-0.2, 0) is 12.8 Å². The van der Waals surface area contributed by atoms with Crippen molar-refractivity contribution in [2.45, 2.75) is 78.1 Å². The van der Waals surface area contributed by atoms with Crippen molar-refractivity contribution >= 4 is 139 Å². The second kappa shape index (κ2) is 17.8. The van der Waals surface area contributed by atoms with Crippen LogP contribution in [0.2, 0.25) is 0 Å². The Bertz CT molecular complexity index is 3070. The van der Waals surface area contributed by atoms with Crippen LogP contribution in [0, 0.1) is 10.8 Å². The molecule has 0 spiro atoms. The number of aromatic nitrogens is 2. The fourth-order valence-electron chi connectivity index (χ4n) is 8.50. The van der Waals surface area contributed by atoms with Gasteiger partial charge in [0, 0.05) is 92.2 Å². The first-order valence-corrected chi connectivity index (χ1v) is 28.4. The summed E-state index contributed by atoms with van der Waals surface area (Å²) in [5, 5.41) is 21.2. The van der Waals surface area contributed by atoms with Crippen LogP contribution in [0.15, 0.2) is 78.5 Å². The minimum Gasteiger partial charge on any atom is -0.398 e. The molecule has 0 radical (unpaired) electrons. The van der Waals surface area contributed by atoms with Gasteiger partial charge >= 0.3 is 0 Å². The van der Waals surface area contributed by atoms with Crippen molar-refractivity contribution in [3.05, 3.63) is 98.0 Å². The molecular formula is C48H46N6S7Si. The molecular weight excluding hydrogens is 913 g/mol. The molecule has 8 heterocycles. The maximum Gasteiger partial charge on any atom is 0.116 e. The van der Waals surface area contributed by atoms with E-state index in [4.69, 9.17) is 20.2 Å². The quantitative estimate of drug-likeness (QED) is 0.0333. The highest BCUT2D eigenvalue weighted by Gasteiger charge is 2.31. The SMILES string of the molecule is CCCCCCc1ccc(-c2ccc(C3=C(N)C=C(c4cc5c(s4)-c4sc(-c6cc(N)c(-c7ccc(-c8ccc(CCCCCC)s8)s7)c7nsnc67)cc4[SiH2]5)C(=N)C3=N)s2)s1. The van der Waals surface area contributed by atoms with Crippen LogP contribution in [0.1, 0.15) is 84.7 Å².